The smallest absolute Gasteiger partial charge is 0.0412 e. The van der Waals surface area contributed by atoms with Crippen LogP contribution in [0.3, 0.4) is 0 Å². The molecule has 0 bridgehead atoms. The largest absolute Gasteiger partial charge is 0.0654 e. The summed E-state index contributed by atoms with van der Waals surface area (Å²) in [4.78, 5) is 0. The van der Waals surface area contributed by atoms with E-state index in [0.717, 1.165) is 17.8 Å². The molecular weight excluding hydrogens is 204 g/mol. The van der Waals surface area contributed by atoms with Crippen LogP contribution in [-0.2, 0) is 0 Å². The Kier molecular flexibility index (Phi) is 7.97. The Morgan fingerprint density at radius 3 is 2.35 bits per heavy atom. The van der Waals surface area contributed by atoms with Gasteiger partial charge in [0.05, 0.1) is 0 Å². The first-order chi connectivity index (χ1) is 8.22. The van der Waals surface area contributed by atoms with Crippen LogP contribution in [0.1, 0.15) is 91.4 Å². The Bertz CT molecular complexity index is 173. The van der Waals surface area contributed by atoms with E-state index in [4.69, 9.17) is 0 Å². The van der Waals surface area contributed by atoms with Crippen molar-refractivity contribution in [2.45, 2.75) is 91.4 Å². The summed E-state index contributed by atoms with van der Waals surface area (Å²) in [6.07, 6.45) is 16.3. The van der Waals surface area contributed by atoms with Crippen molar-refractivity contribution in [2.24, 2.45) is 17.8 Å². The van der Waals surface area contributed by atoms with Crippen LogP contribution in [0.2, 0.25) is 0 Å². The summed E-state index contributed by atoms with van der Waals surface area (Å²) in [7, 11) is 0. The molecule has 0 aromatic heterocycles. The molecule has 0 aromatic carbocycles. The van der Waals surface area contributed by atoms with Gasteiger partial charge in [-0.15, -0.1) is 0 Å². The average Bonchev–Trinajstić information content (AvgIpc) is 2.35. The van der Waals surface area contributed by atoms with E-state index in [2.05, 4.69) is 20.8 Å². The van der Waals surface area contributed by atoms with Crippen LogP contribution < -0.4 is 0 Å². The molecule has 0 amide bonds. The zero-order valence-corrected chi connectivity index (χ0v) is 12.5. The molecule has 1 aliphatic rings. The van der Waals surface area contributed by atoms with Gasteiger partial charge in [0.2, 0.25) is 0 Å². The first-order valence-electron chi connectivity index (χ1n) is 8.22. The summed E-state index contributed by atoms with van der Waals surface area (Å²) in [6, 6.07) is 0. The summed E-state index contributed by atoms with van der Waals surface area (Å²) in [6.45, 7) is 7.25. The quantitative estimate of drug-likeness (QED) is 0.500. The summed E-state index contributed by atoms with van der Waals surface area (Å²) in [5, 5.41) is 0. The lowest BCUT2D eigenvalue weighted by Gasteiger charge is -2.21. The fourth-order valence-corrected chi connectivity index (χ4v) is 3.64. The van der Waals surface area contributed by atoms with Gasteiger partial charge in [-0.3, -0.25) is 0 Å². The van der Waals surface area contributed by atoms with Gasteiger partial charge in [0.25, 0.3) is 0 Å². The molecule has 0 nitrogen and oxygen atoms in total. The standard InChI is InChI=1S/C17H34/c1-4-5-6-7-11-17-12-9-8-10-15(2)13-16(3)14-17/h15-17H,4-14H2,1-3H3. The molecule has 0 saturated heterocycles. The molecule has 0 N–H and O–H groups in total. The maximum Gasteiger partial charge on any atom is -0.0412 e. The van der Waals surface area contributed by atoms with E-state index in [1.807, 2.05) is 0 Å². The van der Waals surface area contributed by atoms with Crippen molar-refractivity contribution in [2.75, 3.05) is 0 Å². The van der Waals surface area contributed by atoms with Crippen molar-refractivity contribution in [3.05, 3.63) is 0 Å². The highest BCUT2D eigenvalue weighted by Crippen LogP contribution is 2.31. The summed E-state index contributed by atoms with van der Waals surface area (Å²) >= 11 is 0. The van der Waals surface area contributed by atoms with Crippen molar-refractivity contribution >= 4 is 0 Å². The molecule has 1 aliphatic carbocycles. The van der Waals surface area contributed by atoms with Crippen molar-refractivity contribution in [3.8, 4) is 0 Å². The second kappa shape index (κ2) is 9.00. The van der Waals surface area contributed by atoms with Gasteiger partial charge in [-0.25, -0.2) is 0 Å². The molecule has 0 spiro atoms. The molecule has 1 fully saturated rings. The van der Waals surface area contributed by atoms with E-state index < -0.39 is 0 Å². The van der Waals surface area contributed by atoms with Crippen LogP contribution in [0.5, 0.6) is 0 Å². The molecule has 0 radical (unpaired) electrons. The lowest BCUT2D eigenvalue weighted by molar-refractivity contribution is 0.314. The molecule has 0 aliphatic heterocycles. The van der Waals surface area contributed by atoms with Crippen molar-refractivity contribution < 1.29 is 0 Å². The maximum atomic E-state index is 2.49. The molecule has 1 rings (SSSR count). The second-order valence-corrected chi connectivity index (χ2v) is 6.68. The van der Waals surface area contributed by atoms with Crippen molar-refractivity contribution in [1.29, 1.82) is 0 Å². The van der Waals surface area contributed by atoms with Crippen molar-refractivity contribution in [1.82, 2.24) is 0 Å². The van der Waals surface area contributed by atoms with Gasteiger partial charge < -0.3 is 0 Å². The van der Waals surface area contributed by atoms with Crippen molar-refractivity contribution in [3.63, 3.8) is 0 Å². The van der Waals surface area contributed by atoms with E-state index in [1.54, 1.807) is 0 Å². The minimum atomic E-state index is 0.972. The fourth-order valence-electron chi connectivity index (χ4n) is 3.64. The molecule has 3 atom stereocenters. The lowest BCUT2D eigenvalue weighted by atomic mass is 9.85. The Morgan fingerprint density at radius 1 is 0.824 bits per heavy atom. The fraction of sp³-hybridized carbons (Fsp3) is 1.00. The Balaban J connectivity index is 2.26. The molecule has 0 aromatic rings. The van der Waals surface area contributed by atoms with Gasteiger partial charge in [0.1, 0.15) is 0 Å². The maximum absolute atomic E-state index is 2.49. The number of rotatable bonds is 5. The van der Waals surface area contributed by atoms with Crippen LogP contribution in [0.25, 0.3) is 0 Å². The van der Waals surface area contributed by atoms with E-state index in [-0.39, 0.29) is 0 Å². The number of hydrogen-bond acceptors (Lipinski definition) is 0. The third-order valence-electron chi connectivity index (χ3n) is 4.57. The second-order valence-electron chi connectivity index (χ2n) is 6.68. The Hall–Kier alpha value is 0. The molecule has 3 unspecified atom stereocenters. The Labute approximate surface area is 110 Å². The number of hydrogen-bond donors (Lipinski definition) is 0. The molecule has 0 heteroatoms. The van der Waals surface area contributed by atoms with Gasteiger partial charge in [0, 0.05) is 0 Å². The van der Waals surface area contributed by atoms with Crippen LogP contribution in [-0.4, -0.2) is 0 Å². The molecule has 102 valence electrons. The van der Waals surface area contributed by atoms with E-state index in [0.29, 0.717) is 0 Å². The first kappa shape index (κ1) is 15.1. The molecule has 1 saturated carbocycles. The van der Waals surface area contributed by atoms with E-state index in [1.165, 1.54) is 70.6 Å². The Morgan fingerprint density at radius 2 is 1.59 bits per heavy atom. The first-order valence-corrected chi connectivity index (χ1v) is 8.22. The van der Waals surface area contributed by atoms with Gasteiger partial charge in [-0.2, -0.15) is 0 Å². The van der Waals surface area contributed by atoms with E-state index >= 15 is 0 Å². The minimum Gasteiger partial charge on any atom is -0.0654 e. The highest BCUT2D eigenvalue weighted by atomic mass is 14.2. The summed E-state index contributed by atoms with van der Waals surface area (Å²) in [5.41, 5.74) is 0. The van der Waals surface area contributed by atoms with Crippen LogP contribution >= 0.6 is 0 Å². The minimum absolute atomic E-state index is 0.972. The molecule has 0 heterocycles. The predicted molar refractivity (Wildman–Crippen MR) is 78.3 cm³/mol. The summed E-state index contributed by atoms with van der Waals surface area (Å²) in [5.74, 6) is 3.00. The third-order valence-corrected chi connectivity index (χ3v) is 4.57. The van der Waals surface area contributed by atoms with E-state index in [9.17, 15) is 0 Å². The zero-order chi connectivity index (χ0) is 12.5. The zero-order valence-electron chi connectivity index (χ0n) is 12.5. The average molecular weight is 238 g/mol. The normalized spacial score (nSPS) is 31.6. The molecule has 17 heavy (non-hydrogen) atoms. The monoisotopic (exact) mass is 238 g/mol. The van der Waals surface area contributed by atoms with Crippen LogP contribution in [0, 0.1) is 17.8 Å². The third kappa shape index (κ3) is 7.11. The van der Waals surface area contributed by atoms with Gasteiger partial charge in [-0.05, 0) is 30.6 Å². The van der Waals surface area contributed by atoms with Gasteiger partial charge in [0.15, 0.2) is 0 Å². The highest BCUT2D eigenvalue weighted by Gasteiger charge is 2.17. The number of unbranched alkanes of at least 4 members (excludes halogenated alkanes) is 3. The van der Waals surface area contributed by atoms with Gasteiger partial charge in [-0.1, -0.05) is 78.6 Å². The summed E-state index contributed by atoms with van der Waals surface area (Å²) < 4.78 is 0. The highest BCUT2D eigenvalue weighted by molar-refractivity contribution is 4.70. The topological polar surface area (TPSA) is 0 Å². The van der Waals surface area contributed by atoms with Gasteiger partial charge >= 0.3 is 0 Å². The van der Waals surface area contributed by atoms with Crippen LogP contribution in [0.4, 0.5) is 0 Å². The predicted octanol–water partition coefficient (Wildman–Crippen LogP) is 6.20. The van der Waals surface area contributed by atoms with Crippen LogP contribution in [0.15, 0.2) is 0 Å². The lowest BCUT2D eigenvalue weighted by Crippen LogP contribution is -2.08. The molecular formula is C17H34. The SMILES string of the molecule is CCCCCCC1CCCCC(C)CC(C)C1.